The van der Waals surface area contributed by atoms with Crippen LogP contribution < -0.4 is 0 Å². The van der Waals surface area contributed by atoms with Crippen LogP contribution in [-0.4, -0.2) is 59.7 Å². The third kappa shape index (κ3) is 4.84. The van der Waals surface area contributed by atoms with Crippen molar-refractivity contribution in [3.8, 4) is 23.3 Å². The van der Waals surface area contributed by atoms with Crippen molar-refractivity contribution in [2.45, 2.75) is 51.4 Å². The van der Waals surface area contributed by atoms with E-state index in [1.165, 1.54) is 0 Å². The minimum absolute atomic E-state index is 0.165. The van der Waals surface area contributed by atoms with Crippen molar-refractivity contribution in [2.24, 2.45) is 0 Å². The topological polar surface area (TPSA) is 107 Å². The molecular formula is C27H28N4O4. The number of likely N-dealkylation sites (tertiary alicyclic amines) is 1. The van der Waals surface area contributed by atoms with Crippen LogP contribution in [0.3, 0.4) is 0 Å². The van der Waals surface area contributed by atoms with Crippen molar-refractivity contribution in [1.29, 1.82) is 10.5 Å². The molecule has 2 aliphatic heterocycles. The zero-order chi connectivity index (χ0) is 25.3. The molecule has 0 aliphatic carbocycles. The van der Waals surface area contributed by atoms with E-state index in [-0.39, 0.29) is 18.0 Å². The predicted molar refractivity (Wildman–Crippen MR) is 128 cm³/mol. The normalized spacial score (nSPS) is 19.3. The molecule has 2 aromatic rings. The molecule has 2 aliphatic rings. The Kier molecular flexibility index (Phi) is 6.51. The summed E-state index contributed by atoms with van der Waals surface area (Å²) in [5, 5.41) is 19.1. The van der Waals surface area contributed by atoms with Crippen molar-refractivity contribution >= 4 is 12.0 Å². The minimum atomic E-state index is -0.632. The number of nitrogens with zero attached hydrogens (tertiary/aromatic N) is 4. The Morgan fingerprint density at radius 3 is 2.57 bits per heavy atom. The number of carbonyl (C=O) groups is 2. The smallest absolute Gasteiger partial charge is 0.410 e. The van der Waals surface area contributed by atoms with E-state index in [1.54, 1.807) is 47.2 Å². The molecule has 2 heterocycles. The zero-order valence-electron chi connectivity index (χ0n) is 20.4. The molecule has 0 spiro atoms. The lowest BCUT2D eigenvalue weighted by Gasteiger charge is -2.28. The van der Waals surface area contributed by atoms with Gasteiger partial charge in [0.1, 0.15) is 5.60 Å². The highest BCUT2D eigenvalue weighted by Gasteiger charge is 2.44. The van der Waals surface area contributed by atoms with Crippen LogP contribution in [0.5, 0.6) is 0 Å². The highest BCUT2D eigenvalue weighted by molar-refractivity contribution is 6.00. The summed E-state index contributed by atoms with van der Waals surface area (Å²) in [4.78, 5) is 29.7. The maximum Gasteiger partial charge on any atom is 0.410 e. The van der Waals surface area contributed by atoms with E-state index >= 15 is 0 Å². The van der Waals surface area contributed by atoms with Gasteiger partial charge in [0, 0.05) is 31.3 Å². The second-order valence-corrected chi connectivity index (χ2v) is 9.92. The number of ether oxygens (including phenoxy) is 2. The molecule has 8 heteroatoms. The van der Waals surface area contributed by atoms with E-state index in [0.29, 0.717) is 53.9 Å². The summed E-state index contributed by atoms with van der Waals surface area (Å²) in [6.07, 6.45) is 0.134. The van der Waals surface area contributed by atoms with Crippen molar-refractivity contribution < 1.29 is 19.1 Å². The van der Waals surface area contributed by atoms with Gasteiger partial charge in [-0.1, -0.05) is 12.1 Å². The number of nitriles is 2. The lowest BCUT2D eigenvalue weighted by atomic mass is 9.95. The Hall–Kier alpha value is -3.88. The van der Waals surface area contributed by atoms with Gasteiger partial charge in [0.05, 0.1) is 42.0 Å². The first-order valence-electron chi connectivity index (χ1n) is 11.5. The van der Waals surface area contributed by atoms with Gasteiger partial charge in [0.2, 0.25) is 0 Å². The quantitative estimate of drug-likeness (QED) is 0.664. The fourth-order valence-corrected chi connectivity index (χ4v) is 4.77. The highest BCUT2D eigenvalue weighted by atomic mass is 16.6. The molecule has 0 N–H and O–H groups in total. The number of amides is 2. The van der Waals surface area contributed by atoms with Gasteiger partial charge in [-0.05, 0) is 62.6 Å². The molecule has 0 radical (unpaired) electrons. The molecule has 0 bridgehead atoms. The summed E-state index contributed by atoms with van der Waals surface area (Å²) in [6, 6.07) is 14.6. The SMILES string of the molecule is COC[C@@H]1C[C@@H](N2Cc3c(C#N)cc(-c4cccc(C#N)c4)cc3C2=O)CN1C(=O)OC(C)(C)C. The Morgan fingerprint density at radius 2 is 1.91 bits per heavy atom. The Balaban J connectivity index is 1.62. The highest BCUT2D eigenvalue weighted by Crippen LogP contribution is 2.35. The molecule has 35 heavy (non-hydrogen) atoms. The van der Waals surface area contributed by atoms with Crippen LogP contribution in [0, 0.1) is 22.7 Å². The largest absolute Gasteiger partial charge is 0.444 e. The molecule has 1 fully saturated rings. The fraction of sp³-hybridized carbons (Fsp3) is 0.407. The molecule has 1 saturated heterocycles. The van der Waals surface area contributed by atoms with E-state index in [9.17, 15) is 20.1 Å². The minimum Gasteiger partial charge on any atom is -0.444 e. The van der Waals surface area contributed by atoms with Crippen LogP contribution >= 0.6 is 0 Å². The standard InChI is InChI=1S/C27H28N4O4/c1-27(2,3)35-26(33)31-14-21(11-22(31)16-34-4)30-15-24-20(13-29)9-19(10-23(24)25(30)32)18-7-5-6-17(8-18)12-28/h5-10,21-22H,11,14-16H2,1-4H3/t21-,22+/m1/s1. The molecule has 0 aromatic heterocycles. The summed E-state index contributed by atoms with van der Waals surface area (Å²) in [5.41, 5.74) is 2.97. The zero-order valence-corrected chi connectivity index (χ0v) is 20.4. The van der Waals surface area contributed by atoms with E-state index in [4.69, 9.17) is 9.47 Å². The Morgan fingerprint density at radius 1 is 1.14 bits per heavy atom. The van der Waals surface area contributed by atoms with Gasteiger partial charge < -0.3 is 19.3 Å². The first-order valence-corrected chi connectivity index (χ1v) is 11.5. The summed E-state index contributed by atoms with van der Waals surface area (Å²) >= 11 is 0. The predicted octanol–water partition coefficient (Wildman–Crippen LogP) is 4.08. The lowest BCUT2D eigenvalue weighted by molar-refractivity contribution is 0.0140. The molecule has 2 atom stereocenters. The van der Waals surface area contributed by atoms with Crippen LogP contribution in [0.15, 0.2) is 36.4 Å². The molecule has 180 valence electrons. The Labute approximate surface area is 205 Å². The van der Waals surface area contributed by atoms with Crippen LogP contribution in [0.4, 0.5) is 4.79 Å². The first-order chi connectivity index (χ1) is 16.6. The van der Waals surface area contributed by atoms with Gasteiger partial charge in [0.25, 0.3) is 5.91 Å². The maximum absolute atomic E-state index is 13.5. The third-order valence-electron chi connectivity index (χ3n) is 6.34. The van der Waals surface area contributed by atoms with Crippen LogP contribution in [0.2, 0.25) is 0 Å². The van der Waals surface area contributed by atoms with Crippen LogP contribution in [-0.2, 0) is 16.0 Å². The van der Waals surface area contributed by atoms with Gasteiger partial charge in [-0.3, -0.25) is 4.79 Å². The number of rotatable bonds is 4. The number of hydrogen-bond donors (Lipinski definition) is 0. The average molecular weight is 473 g/mol. The van der Waals surface area contributed by atoms with Crippen molar-refractivity contribution in [3.63, 3.8) is 0 Å². The van der Waals surface area contributed by atoms with Gasteiger partial charge in [-0.15, -0.1) is 0 Å². The van der Waals surface area contributed by atoms with Gasteiger partial charge >= 0.3 is 6.09 Å². The van der Waals surface area contributed by atoms with Crippen molar-refractivity contribution in [2.75, 3.05) is 20.3 Å². The van der Waals surface area contributed by atoms with Crippen LogP contribution in [0.25, 0.3) is 11.1 Å². The maximum atomic E-state index is 13.5. The van der Waals surface area contributed by atoms with Crippen molar-refractivity contribution in [3.05, 3.63) is 58.7 Å². The second kappa shape index (κ2) is 9.40. The molecule has 2 amide bonds. The number of methoxy groups -OCH3 is 1. The van der Waals surface area contributed by atoms with E-state index in [1.807, 2.05) is 26.8 Å². The van der Waals surface area contributed by atoms with E-state index < -0.39 is 11.7 Å². The summed E-state index contributed by atoms with van der Waals surface area (Å²) in [5.74, 6) is -0.165. The summed E-state index contributed by atoms with van der Waals surface area (Å²) < 4.78 is 10.9. The molecule has 2 aromatic carbocycles. The third-order valence-corrected chi connectivity index (χ3v) is 6.34. The van der Waals surface area contributed by atoms with Gasteiger partial charge in [-0.25, -0.2) is 4.79 Å². The summed E-state index contributed by atoms with van der Waals surface area (Å²) in [7, 11) is 1.58. The van der Waals surface area contributed by atoms with E-state index in [0.717, 1.165) is 5.56 Å². The summed E-state index contributed by atoms with van der Waals surface area (Å²) in [6.45, 7) is 6.43. The molecule has 0 saturated carbocycles. The molecule has 0 unspecified atom stereocenters. The number of fused-ring (bicyclic) bond motifs is 1. The molecular weight excluding hydrogens is 444 g/mol. The molecule has 4 rings (SSSR count). The first kappa shape index (κ1) is 24.3. The molecule has 8 nitrogen and oxygen atoms in total. The number of carbonyl (C=O) groups excluding carboxylic acids is 2. The average Bonchev–Trinajstić information content (AvgIpc) is 3.39. The number of hydrogen-bond acceptors (Lipinski definition) is 6. The number of benzene rings is 2. The lowest BCUT2D eigenvalue weighted by Crippen LogP contribution is -2.43. The van der Waals surface area contributed by atoms with Gasteiger partial charge in [0.15, 0.2) is 0 Å². The monoisotopic (exact) mass is 472 g/mol. The van der Waals surface area contributed by atoms with Gasteiger partial charge in [-0.2, -0.15) is 10.5 Å². The van der Waals surface area contributed by atoms with E-state index in [2.05, 4.69) is 12.1 Å². The van der Waals surface area contributed by atoms with Crippen LogP contribution in [0.1, 0.15) is 54.2 Å². The Bertz CT molecular complexity index is 1250. The fourth-order valence-electron chi connectivity index (χ4n) is 4.77. The van der Waals surface area contributed by atoms with Crippen molar-refractivity contribution in [1.82, 2.24) is 9.80 Å². The second-order valence-electron chi connectivity index (χ2n) is 9.92.